The zero-order valence-corrected chi connectivity index (χ0v) is 11.4. The lowest BCUT2D eigenvalue weighted by atomic mass is 9.93. The first-order valence-corrected chi connectivity index (χ1v) is 7.08. The van der Waals surface area contributed by atoms with Crippen LogP contribution in [0.1, 0.15) is 31.5 Å². The van der Waals surface area contributed by atoms with E-state index in [0.29, 0.717) is 31.6 Å². The maximum Gasteiger partial charge on any atom is 0.227 e. The highest BCUT2D eigenvalue weighted by atomic mass is 16.5. The topological polar surface area (TPSA) is 69.4 Å². The number of nitrogens with zero attached hydrogens (tertiary/aromatic N) is 2. The van der Waals surface area contributed by atoms with Gasteiger partial charge in [-0.25, -0.2) is 0 Å². The smallest absolute Gasteiger partial charge is 0.227 e. The first kappa shape index (κ1) is 13.0. The first-order chi connectivity index (χ1) is 9.32. The summed E-state index contributed by atoms with van der Waals surface area (Å²) in [5.41, 5.74) is -0.410. The third kappa shape index (κ3) is 2.66. The summed E-state index contributed by atoms with van der Waals surface area (Å²) in [6, 6.07) is 0. The maximum absolute atomic E-state index is 5.94. The van der Waals surface area contributed by atoms with Crippen molar-refractivity contribution in [3.63, 3.8) is 0 Å². The molecule has 3 rings (SSSR count). The molecule has 6 heteroatoms. The molecule has 0 aliphatic carbocycles. The normalized spacial score (nSPS) is 23.2. The molecule has 1 N–H and O–H groups in total. The Balaban J connectivity index is 1.73. The Kier molecular flexibility index (Phi) is 3.81. The minimum absolute atomic E-state index is 0.410. The molecular weight excluding hydrogens is 246 g/mol. The molecule has 0 bridgehead atoms. The number of aromatic nitrogens is 2. The summed E-state index contributed by atoms with van der Waals surface area (Å²) in [5, 5.41) is 7.40. The van der Waals surface area contributed by atoms with Crippen molar-refractivity contribution < 1.29 is 14.0 Å². The molecule has 0 amide bonds. The van der Waals surface area contributed by atoms with E-state index >= 15 is 0 Å². The van der Waals surface area contributed by atoms with Gasteiger partial charge in [-0.2, -0.15) is 4.98 Å². The van der Waals surface area contributed by atoms with Gasteiger partial charge < -0.3 is 19.3 Å². The van der Waals surface area contributed by atoms with Crippen molar-refractivity contribution in [3.05, 3.63) is 11.7 Å². The van der Waals surface area contributed by atoms with Crippen LogP contribution in [-0.4, -0.2) is 43.1 Å². The Morgan fingerprint density at radius 1 is 1.37 bits per heavy atom. The monoisotopic (exact) mass is 267 g/mol. The second-order valence-electron chi connectivity index (χ2n) is 5.28. The maximum atomic E-state index is 5.94. The van der Waals surface area contributed by atoms with Crippen LogP contribution >= 0.6 is 0 Å². The van der Waals surface area contributed by atoms with Crippen LogP contribution in [0.25, 0.3) is 0 Å². The van der Waals surface area contributed by atoms with Gasteiger partial charge in [0, 0.05) is 39.1 Å². The third-order valence-electron chi connectivity index (χ3n) is 3.93. The van der Waals surface area contributed by atoms with Crippen LogP contribution in [-0.2, 0) is 21.5 Å². The van der Waals surface area contributed by atoms with Crippen molar-refractivity contribution in [2.45, 2.75) is 31.8 Å². The quantitative estimate of drug-likeness (QED) is 0.854. The van der Waals surface area contributed by atoms with E-state index in [2.05, 4.69) is 15.5 Å². The standard InChI is InChI=1S/C13H21N3O3/c1-2-18-13(3-5-17-6-4-13)12-15-11(19-16-12)7-10-8-14-9-10/h10,14H,2-9H2,1H3. The Hall–Kier alpha value is -0.980. The minimum Gasteiger partial charge on any atom is -0.381 e. The van der Waals surface area contributed by atoms with Gasteiger partial charge in [-0.15, -0.1) is 0 Å². The fourth-order valence-electron chi connectivity index (χ4n) is 2.67. The molecule has 106 valence electrons. The van der Waals surface area contributed by atoms with Crippen LogP contribution in [0, 0.1) is 5.92 Å². The predicted molar refractivity (Wildman–Crippen MR) is 67.7 cm³/mol. The summed E-state index contributed by atoms with van der Waals surface area (Å²) in [5.74, 6) is 2.05. The van der Waals surface area contributed by atoms with Crippen molar-refractivity contribution >= 4 is 0 Å². The number of hydrogen-bond acceptors (Lipinski definition) is 6. The number of rotatable bonds is 5. The summed E-state index contributed by atoms with van der Waals surface area (Å²) in [6.45, 7) is 6.12. The van der Waals surface area contributed by atoms with E-state index < -0.39 is 5.60 Å². The van der Waals surface area contributed by atoms with Crippen molar-refractivity contribution in [2.75, 3.05) is 32.9 Å². The Morgan fingerprint density at radius 3 is 2.79 bits per heavy atom. The third-order valence-corrected chi connectivity index (χ3v) is 3.93. The number of hydrogen-bond donors (Lipinski definition) is 1. The molecule has 2 aliphatic heterocycles. The summed E-state index contributed by atoms with van der Waals surface area (Å²) in [6.07, 6.45) is 2.45. The van der Waals surface area contributed by atoms with E-state index in [9.17, 15) is 0 Å². The van der Waals surface area contributed by atoms with Crippen molar-refractivity contribution in [2.24, 2.45) is 5.92 Å². The number of nitrogens with one attached hydrogen (secondary N) is 1. The zero-order chi connectivity index (χ0) is 13.1. The molecule has 6 nitrogen and oxygen atoms in total. The molecule has 0 spiro atoms. The van der Waals surface area contributed by atoms with Gasteiger partial charge >= 0.3 is 0 Å². The lowest BCUT2D eigenvalue weighted by molar-refractivity contribution is -0.118. The Morgan fingerprint density at radius 2 is 2.16 bits per heavy atom. The molecule has 2 fully saturated rings. The summed E-state index contributed by atoms with van der Waals surface area (Å²) >= 11 is 0. The highest BCUT2D eigenvalue weighted by Gasteiger charge is 2.40. The molecule has 2 aliphatic rings. The van der Waals surface area contributed by atoms with Gasteiger partial charge in [0.15, 0.2) is 0 Å². The van der Waals surface area contributed by atoms with Crippen molar-refractivity contribution in [1.29, 1.82) is 0 Å². The molecular formula is C13H21N3O3. The second kappa shape index (κ2) is 5.56. The van der Waals surface area contributed by atoms with Gasteiger partial charge in [-0.05, 0) is 25.9 Å². The summed E-state index contributed by atoms with van der Waals surface area (Å²) < 4.78 is 16.7. The van der Waals surface area contributed by atoms with Gasteiger partial charge in [0.2, 0.25) is 11.7 Å². The van der Waals surface area contributed by atoms with E-state index in [0.717, 1.165) is 38.2 Å². The molecule has 3 heterocycles. The van der Waals surface area contributed by atoms with Gasteiger partial charge in [0.05, 0.1) is 0 Å². The van der Waals surface area contributed by atoms with Crippen LogP contribution in [0.15, 0.2) is 4.52 Å². The number of ether oxygens (including phenoxy) is 2. The predicted octanol–water partition coefficient (Wildman–Crippen LogP) is 0.874. The average Bonchev–Trinajstić information content (AvgIpc) is 2.85. The molecule has 0 radical (unpaired) electrons. The van der Waals surface area contributed by atoms with E-state index in [1.54, 1.807) is 0 Å². The van der Waals surface area contributed by atoms with E-state index in [1.165, 1.54) is 0 Å². The summed E-state index contributed by atoms with van der Waals surface area (Å²) in [7, 11) is 0. The zero-order valence-electron chi connectivity index (χ0n) is 11.4. The van der Waals surface area contributed by atoms with E-state index in [-0.39, 0.29) is 0 Å². The fraction of sp³-hybridized carbons (Fsp3) is 0.846. The van der Waals surface area contributed by atoms with E-state index in [1.807, 2.05) is 6.92 Å². The van der Waals surface area contributed by atoms with Crippen LogP contribution in [0.3, 0.4) is 0 Å². The van der Waals surface area contributed by atoms with E-state index in [4.69, 9.17) is 14.0 Å². The van der Waals surface area contributed by atoms with Gasteiger partial charge in [-0.3, -0.25) is 0 Å². The molecule has 1 aromatic heterocycles. The lowest BCUT2D eigenvalue weighted by Gasteiger charge is -2.33. The highest BCUT2D eigenvalue weighted by Crippen LogP contribution is 2.34. The first-order valence-electron chi connectivity index (χ1n) is 7.08. The molecule has 0 unspecified atom stereocenters. The molecule has 1 aromatic rings. The summed E-state index contributed by atoms with van der Waals surface area (Å²) in [4.78, 5) is 4.56. The average molecular weight is 267 g/mol. The van der Waals surface area contributed by atoms with Gasteiger partial charge in [-0.1, -0.05) is 5.16 Å². The fourth-order valence-corrected chi connectivity index (χ4v) is 2.67. The SMILES string of the molecule is CCOC1(c2noc(CC3CNC3)n2)CCOCC1. The van der Waals surface area contributed by atoms with Crippen molar-refractivity contribution in [3.8, 4) is 0 Å². The van der Waals surface area contributed by atoms with Crippen LogP contribution < -0.4 is 5.32 Å². The van der Waals surface area contributed by atoms with Crippen LogP contribution in [0.5, 0.6) is 0 Å². The Labute approximate surface area is 112 Å². The molecule has 0 saturated carbocycles. The molecule has 19 heavy (non-hydrogen) atoms. The highest BCUT2D eigenvalue weighted by molar-refractivity contribution is 5.04. The van der Waals surface area contributed by atoms with Gasteiger partial charge in [0.25, 0.3) is 0 Å². The lowest BCUT2D eigenvalue weighted by Crippen LogP contribution is -2.43. The largest absolute Gasteiger partial charge is 0.381 e. The molecule has 2 saturated heterocycles. The van der Waals surface area contributed by atoms with Crippen LogP contribution in [0.2, 0.25) is 0 Å². The second-order valence-corrected chi connectivity index (χ2v) is 5.28. The van der Waals surface area contributed by atoms with Crippen LogP contribution in [0.4, 0.5) is 0 Å². The minimum atomic E-state index is -0.410. The molecule has 0 aromatic carbocycles. The Bertz CT molecular complexity index is 406. The van der Waals surface area contributed by atoms with Crippen molar-refractivity contribution in [1.82, 2.24) is 15.5 Å². The molecule has 0 atom stereocenters. The van der Waals surface area contributed by atoms with Gasteiger partial charge in [0.1, 0.15) is 5.60 Å².